The van der Waals surface area contributed by atoms with Gasteiger partial charge in [-0.05, 0) is 44.2 Å². The third-order valence-corrected chi connectivity index (χ3v) is 5.14. The number of nitrogens with zero attached hydrogens (tertiary/aromatic N) is 2. The first kappa shape index (κ1) is 11.0. The summed E-state index contributed by atoms with van der Waals surface area (Å²) in [5.74, 6) is 0. The molecule has 3 atom stereocenters. The lowest BCUT2D eigenvalue weighted by Crippen LogP contribution is -2.55. The second kappa shape index (κ2) is 3.95. The zero-order valence-electron chi connectivity index (χ0n) is 10.3. The molecular formula is C13H23FN2. The van der Waals surface area contributed by atoms with E-state index >= 15 is 0 Å². The predicted molar refractivity (Wildman–Crippen MR) is 63.3 cm³/mol. The molecule has 0 aromatic rings. The molecule has 3 fully saturated rings. The maximum Gasteiger partial charge on any atom is 0.114 e. The molecule has 2 heterocycles. The Morgan fingerprint density at radius 3 is 2.62 bits per heavy atom. The van der Waals surface area contributed by atoms with Crippen LogP contribution >= 0.6 is 0 Å². The summed E-state index contributed by atoms with van der Waals surface area (Å²) in [5, 5.41) is 0. The van der Waals surface area contributed by atoms with E-state index in [1.54, 1.807) is 0 Å². The number of hydrogen-bond donors (Lipinski definition) is 0. The van der Waals surface area contributed by atoms with Gasteiger partial charge in [0.25, 0.3) is 0 Å². The summed E-state index contributed by atoms with van der Waals surface area (Å²) >= 11 is 0. The monoisotopic (exact) mass is 226 g/mol. The van der Waals surface area contributed by atoms with Gasteiger partial charge >= 0.3 is 0 Å². The van der Waals surface area contributed by atoms with Crippen molar-refractivity contribution in [1.82, 2.24) is 9.80 Å². The minimum absolute atomic E-state index is 0.542. The molecule has 1 spiro atoms. The van der Waals surface area contributed by atoms with Crippen LogP contribution < -0.4 is 0 Å². The Balaban J connectivity index is 1.65. The number of rotatable bonds is 2. The highest BCUT2D eigenvalue weighted by Crippen LogP contribution is 2.51. The maximum atomic E-state index is 13.3. The molecule has 3 aliphatic rings. The Bertz CT molecular complexity index is 271. The molecule has 2 saturated heterocycles. The number of halogens is 1. The molecule has 0 aromatic heterocycles. The normalized spacial score (nSPS) is 45.4. The summed E-state index contributed by atoms with van der Waals surface area (Å²) in [6, 6.07) is 0.699. The average molecular weight is 226 g/mol. The Labute approximate surface area is 97.8 Å². The average Bonchev–Trinajstić information content (AvgIpc) is 2.84. The van der Waals surface area contributed by atoms with E-state index in [-0.39, 0.29) is 0 Å². The van der Waals surface area contributed by atoms with E-state index in [0.29, 0.717) is 18.0 Å². The zero-order chi connectivity index (χ0) is 11.2. The van der Waals surface area contributed by atoms with Gasteiger partial charge in [0.1, 0.15) is 6.17 Å². The first-order valence-electron chi connectivity index (χ1n) is 6.84. The van der Waals surface area contributed by atoms with Gasteiger partial charge in [-0.2, -0.15) is 0 Å². The lowest BCUT2D eigenvalue weighted by atomic mass is 9.63. The summed E-state index contributed by atoms with van der Waals surface area (Å²) < 4.78 is 13.3. The van der Waals surface area contributed by atoms with Crippen LogP contribution in [0.2, 0.25) is 0 Å². The van der Waals surface area contributed by atoms with E-state index in [1.807, 2.05) is 0 Å². The SMILES string of the molecule is CCN1CCC2(CCC2N2CCC(F)C2)C1. The highest BCUT2D eigenvalue weighted by molar-refractivity contribution is 5.07. The molecule has 3 heteroatoms. The van der Waals surface area contributed by atoms with Crippen molar-refractivity contribution in [3.63, 3.8) is 0 Å². The maximum absolute atomic E-state index is 13.3. The molecular weight excluding hydrogens is 203 g/mol. The molecule has 0 bridgehead atoms. The lowest BCUT2D eigenvalue weighted by Gasteiger charge is -2.51. The number of alkyl halides is 1. The fourth-order valence-corrected chi connectivity index (χ4v) is 4.01. The van der Waals surface area contributed by atoms with Gasteiger partial charge < -0.3 is 4.90 Å². The van der Waals surface area contributed by atoms with Crippen LogP contribution in [0.4, 0.5) is 4.39 Å². The minimum Gasteiger partial charge on any atom is -0.303 e. The highest BCUT2D eigenvalue weighted by atomic mass is 19.1. The molecule has 0 aromatic carbocycles. The van der Waals surface area contributed by atoms with Gasteiger partial charge in [-0.3, -0.25) is 4.90 Å². The second-order valence-electron chi connectivity index (χ2n) is 5.92. The Morgan fingerprint density at radius 2 is 2.12 bits per heavy atom. The minimum atomic E-state index is -0.554. The smallest absolute Gasteiger partial charge is 0.114 e. The Kier molecular flexibility index (Phi) is 2.71. The topological polar surface area (TPSA) is 6.48 Å². The molecule has 3 unspecified atom stereocenters. The second-order valence-corrected chi connectivity index (χ2v) is 5.92. The molecule has 16 heavy (non-hydrogen) atoms. The van der Waals surface area contributed by atoms with Crippen LogP contribution in [0.15, 0.2) is 0 Å². The molecule has 1 saturated carbocycles. The van der Waals surface area contributed by atoms with Crippen LogP contribution in [0.25, 0.3) is 0 Å². The summed E-state index contributed by atoms with van der Waals surface area (Å²) in [7, 11) is 0. The zero-order valence-corrected chi connectivity index (χ0v) is 10.3. The van der Waals surface area contributed by atoms with Gasteiger partial charge in [-0.25, -0.2) is 4.39 Å². The summed E-state index contributed by atoms with van der Waals surface area (Å²) in [6.07, 6.45) is 4.25. The van der Waals surface area contributed by atoms with Crippen molar-refractivity contribution in [2.75, 3.05) is 32.7 Å². The largest absolute Gasteiger partial charge is 0.303 e. The van der Waals surface area contributed by atoms with Crippen LogP contribution in [-0.2, 0) is 0 Å². The Morgan fingerprint density at radius 1 is 1.25 bits per heavy atom. The third kappa shape index (κ3) is 1.60. The van der Waals surface area contributed by atoms with E-state index in [9.17, 15) is 4.39 Å². The van der Waals surface area contributed by atoms with Gasteiger partial charge in [-0.1, -0.05) is 6.92 Å². The van der Waals surface area contributed by atoms with Crippen LogP contribution in [0.3, 0.4) is 0 Å². The molecule has 3 rings (SSSR count). The van der Waals surface area contributed by atoms with Gasteiger partial charge in [-0.15, -0.1) is 0 Å². The predicted octanol–water partition coefficient (Wildman–Crippen LogP) is 1.90. The Hall–Kier alpha value is -0.150. The van der Waals surface area contributed by atoms with Crippen molar-refractivity contribution in [2.24, 2.45) is 5.41 Å². The van der Waals surface area contributed by atoms with Crippen LogP contribution in [0.1, 0.15) is 32.6 Å². The van der Waals surface area contributed by atoms with Crippen LogP contribution in [0.5, 0.6) is 0 Å². The number of hydrogen-bond acceptors (Lipinski definition) is 2. The lowest BCUT2D eigenvalue weighted by molar-refractivity contribution is -0.00978. The summed E-state index contributed by atoms with van der Waals surface area (Å²) in [5.41, 5.74) is 0.542. The van der Waals surface area contributed by atoms with Crippen molar-refractivity contribution < 1.29 is 4.39 Å². The molecule has 2 nitrogen and oxygen atoms in total. The first-order chi connectivity index (χ1) is 7.73. The molecule has 1 aliphatic carbocycles. The van der Waals surface area contributed by atoms with Gasteiger partial charge in [0, 0.05) is 25.7 Å². The third-order valence-electron chi connectivity index (χ3n) is 5.14. The van der Waals surface area contributed by atoms with Crippen molar-refractivity contribution in [1.29, 1.82) is 0 Å². The summed E-state index contributed by atoms with van der Waals surface area (Å²) in [6.45, 7) is 7.67. The molecule has 2 aliphatic heterocycles. The van der Waals surface area contributed by atoms with Crippen LogP contribution in [-0.4, -0.2) is 54.7 Å². The molecule has 0 radical (unpaired) electrons. The van der Waals surface area contributed by atoms with Gasteiger partial charge in [0.05, 0.1) is 0 Å². The van der Waals surface area contributed by atoms with Crippen molar-refractivity contribution in [3.8, 4) is 0 Å². The van der Waals surface area contributed by atoms with Crippen molar-refractivity contribution >= 4 is 0 Å². The van der Waals surface area contributed by atoms with E-state index in [2.05, 4.69) is 16.7 Å². The van der Waals surface area contributed by atoms with Gasteiger partial charge in [0.15, 0.2) is 0 Å². The van der Waals surface area contributed by atoms with E-state index in [4.69, 9.17) is 0 Å². The van der Waals surface area contributed by atoms with Crippen molar-refractivity contribution in [3.05, 3.63) is 0 Å². The van der Waals surface area contributed by atoms with Crippen LogP contribution in [0, 0.1) is 5.41 Å². The van der Waals surface area contributed by atoms with Crippen molar-refractivity contribution in [2.45, 2.75) is 44.8 Å². The van der Waals surface area contributed by atoms with E-state index < -0.39 is 6.17 Å². The highest BCUT2D eigenvalue weighted by Gasteiger charge is 2.53. The standard InChI is InChI=1S/C13H23FN2/c1-2-15-8-6-13(10-15)5-3-12(13)16-7-4-11(14)9-16/h11-12H,2-10H2,1H3. The van der Waals surface area contributed by atoms with Gasteiger partial charge in [0.2, 0.25) is 0 Å². The fourth-order valence-electron chi connectivity index (χ4n) is 4.01. The quantitative estimate of drug-likeness (QED) is 0.709. The van der Waals surface area contributed by atoms with E-state index in [1.165, 1.54) is 38.9 Å². The summed E-state index contributed by atoms with van der Waals surface area (Å²) in [4.78, 5) is 5.00. The van der Waals surface area contributed by atoms with E-state index in [0.717, 1.165) is 13.0 Å². The molecule has 0 amide bonds. The fraction of sp³-hybridized carbons (Fsp3) is 1.00. The molecule has 92 valence electrons. The molecule has 0 N–H and O–H groups in total. The first-order valence-corrected chi connectivity index (χ1v) is 6.84. The number of likely N-dealkylation sites (tertiary alicyclic amines) is 2.